The molecule has 0 spiro atoms. The van der Waals surface area contributed by atoms with Crippen molar-refractivity contribution >= 4 is 17.5 Å². The van der Waals surface area contributed by atoms with Crippen LogP contribution in [0.2, 0.25) is 0 Å². The van der Waals surface area contributed by atoms with E-state index in [-0.39, 0.29) is 23.7 Å². The Morgan fingerprint density at radius 3 is 2.43 bits per heavy atom. The van der Waals surface area contributed by atoms with Gasteiger partial charge in [0.2, 0.25) is 5.91 Å². The van der Waals surface area contributed by atoms with Crippen LogP contribution in [0, 0.1) is 17.1 Å². The van der Waals surface area contributed by atoms with Gasteiger partial charge in [-0.3, -0.25) is 14.5 Å². The van der Waals surface area contributed by atoms with Crippen LogP contribution in [-0.4, -0.2) is 53.8 Å². The summed E-state index contributed by atoms with van der Waals surface area (Å²) in [5.74, 6) is -0.667. The van der Waals surface area contributed by atoms with Crippen molar-refractivity contribution in [1.29, 1.82) is 5.26 Å². The minimum atomic E-state index is -0.374. The van der Waals surface area contributed by atoms with Crippen molar-refractivity contribution in [1.82, 2.24) is 9.80 Å². The summed E-state index contributed by atoms with van der Waals surface area (Å²) in [5.41, 5.74) is 1.53. The molecule has 0 saturated carbocycles. The van der Waals surface area contributed by atoms with Crippen LogP contribution in [0.5, 0.6) is 0 Å². The van der Waals surface area contributed by atoms with Crippen molar-refractivity contribution in [3.8, 4) is 6.07 Å². The first-order valence-electron chi connectivity index (χ1n) is 9.08. The van der Waals surface area contributed by atoms with Gasteiger partial charge in [0.15, 0.2) is 0 Å². The maximum atomic E-state index is 13.0. The van der Waals surface area contributed by atoms with Gasteiger partial charge in [-0.15, -0.1) is 0 Å². The number of nitrogens with one attached hydrogen (secondary N) is 1. The van der Waals surface area contributed by atoms with Crippen molar-refractivity contribution in [3.63, 3.8) is 0 Å². The van der Waals surface area contributed by atoms with Crippen LogP contribution >= 0.6 is 0 Å². The van der Waals surface area contributed by atoms with Gasteiger partial charge in [0.1, 0.15) is 5.82 Å². The number of halogens is 1. The Kier molecular flexibility index (Phi) is 6.02. The number of nitriles is 1. The molecule has 1 fully saturated rings. The molecule has 1 aliphatic heterocycles. The molecule has 3 rings (SSSR count). The van der Waals surface area contributed by atoms with Gasteiger partial charge in [0.25, 0.3) is 5.91 Å². The molecular weight excluding hydrogens is 359 g/mol. The zero-order valence-electron chi connectivity index (χ0n) is 15.6. The molecule has 2 aromatic carbocycles. The fourth-order valence-corrected chi connectivity index (χ4v) is 3.17. The van der Waals surface area contributed by atoms with Crippen molar-refractivity contribution in [2.75, 3.05) is 31.5 Å². The predicted octanol–water partition coefficient (Wildman–Crippen LogP) is 2.48. The quantitative estimate of drug-likeness (QED) is 0.884. The minimum absolute atomic E-state index is 0.134. The van der Waals surface area contributed by atoms with Crippen LogP contribution in [0.3, 0.4) is 0 Å². The molecule has 0 bridgehead atoms. The number of piperazine rings is 1. The number of rotatable bonds is 4. The van der Waals surface area contributed by atoms with Crippen LogP contribution in [0.1, 0.15) is 22.8 Å². The molecule has 1 atom stereocenters. The lowest BCUT2D eigenvalue weighted by molar-refractivity contribution is -0.121. The average molecular weight is 380 g/mol. The van der Waals surface area contributed by atoms with Gasteiger partial charge >= 0.3 is 0 Å². The van der Waals surface area contributed by atoms with Gasteiger partial charge in [0, 0.05) is 37.4 Å². The van der Waals surface area contributed by atoms with Gasteiger partial charge in [-0.05, 0) is 49.4 Å². The second-order valence-corrected chi connectivity index (χ2v) is 6.69. The number of hydrogen-bond acceptors (Lipinski definition) is 4. The highest BCUT2D eigenvalue weighted by atomic mass is 19.1. The summed E-state index contributed by atoms with van der Waals surface area (Å²) in [4.78, 5) is 28.8. The van der Waals surface area contributed by atoms with Crippen molar-refractivity contribution < 1.29 is 14.0 Å². The maximum Gasteiger partial charge on any atom is 0.253 e. The van der Waals surface area contributed by atoms with E-state index in [0.29, 0.717) is 43.0 Å². The van der Waals surface area contributed by atoms with E-state index in [9.17, 15) is 14.0 Å². The van der Waals surface area contributed by atoms with E-state index in [1.807, 2.05) is 17.9 Å². The number of hydrogen-bond donors (Lipinski definition) is 1. The van der Waals surface area contributed by atoms with Gasteiger partial charge < -0.3 is 10.2 Å². The topological polar surface area (TPSA) is 76.4 Å². The Bertz CT molecular complexity index is 899. The lowest BCUT2D eigenvalue weighted by Crippen LogP contribution is -2.54. The van der Waals surface area contributed by atoms with E-state index in [0.717, 1.165) is 0 Å². The number of carbonyl (C=O) groups excluding carboxylic acids is 2. The molecule has 1 N–H and O–H groups in total. The maximum absolute atomic E-state index is 13.0. The Balaban J connectivity index is 1.55. The second kappa shape index (κ2) is 8.63. The average Bonchev–Trinajstić information content (AvgIpc) is 2.73. The van der Waals surface area contributed by atoms with Gasteiger partial charge in [0.05, 0.1) is 17.7 Å². The highest BCUT2D eigenvalue weighted by Gasteiger charge is 2.28. The molecule has 28 heavy (non-hydrogen) atoms. The summed E-state index contributed by atoms with van der Waals surface area (Å²) < 4.78 is 13.0. The first-order valence-corrected chi connectivity index (χ1v) is 9.08. The molecule has 0 aromatic heterocycles. The summed E-state index contributed by atoms with van der Waals surface area (Å²) in [7, 11) is 0. The number of amides is 2. The molecule has 7 heteroatoms. The summed E-state index contributed by atoms with van der Waals surface area (Å²) in [5, 5.41) is 11.8. The van der Waals surface area contributed by atoms with Gasteiger partial charge in [-0.1, -0.05) is 6.07 Å². The van der Waals surface area contributed by atoms with Gasteiger partial charge in [-0.2, -0.15) is 5.26 Å². The smallest absolute Gasteiger partial charge is 0.253 e. The molecule has 2 amide bonds. The van der Waals surface area contributed by atoms with Gasteiger partial charge in [-0.25, -0.2) is 4.39 Å². The molecule has 1 aliphatic rings. The number of nitrogens with zero attached hydrogens (tertiary/aromatic N) is 3. The zero-order valence-corrected chi connectivity index (χ0v) is 15.6. The summed E-state index contributed by atoms with van der Waals surface area (Å²) in [6, 6.07) is 14.0. The molecule has 2 aromatic rings. The molecule has 1 unspecified atom stereocenters. The van der Waals surface area contributed by atoms with E-state index in [4.69, 9.17) is 5.26 Å². The summed E-state index contributed by atoms with van der Waals surface area (Å²) in [6.45, 7) is 3.95. The Morgan fingerprint density at radius 1 is 1.11 bits per heavy atom. The zero-order chi connectivity index (χ0) is 20.1. The number of carbonyl (C=O) groups is 2. The molecule has 0 radical (unpaired) electrons. The largest absolute Gasteiger partial charge is 0.336 e. The Hall–Kier alpha value is -3.24. The minimum Gasteiger partial charge on any atom is -0.336 e. The van der Waals surface area contributed by atoms with Crippen LogP contribution in [-0.2, 0) is 4.79 Å². The predicted molar refractivity (Wildman–Crippen MR) is 103 cm³/mol. The van der Waals surface area contributed by atoms with Crippen molar-refractivity contribution in [2.24, 2.45) is 0 Å². The van der Waals surface area contributed by atoms with Crippen molar-refractivity contribution in [2.45, 2.75) is 13.0 Å². The molecule has 1 saturated heterocycles. The Morgan fingerprint density at radius 2 is 1.79 bits per heavy atom. The SMILES string of the molecule is CC(C(=O)Nc1cccc(C#N)c1)N1CCN(C(=O)c2ccc(F)cc2)CC1. The van der Waals surface area contributed by atoms with Crippen LogP contribution in [0.25, 0.3) is 0 Å². The summed E-state index contributed by atoms with van der Waals surface area (Å²) in [6.07, 6.45) is 0. The third-order valence-corrected chi connectivity index (χ3v) is 4.88. The van der Waals surface area contributed by atoms with E-state index >= 15 is 0 Å². The lowest BCUT2D eigenvalue weighted by atomic mass is 10.1. The molecule has 0 aliphatic carbocycles. The second-order valence-electron chi connectivity index (χ2n) is 6.69. The molecule has 1 heterocycles. The van der Waals surface area contributed by atoms with Crippen LogP contribution in [0.15, 0.2) is 48.5 Å². The summed E-state index contributed by atoms with van der Waals surface area (Å²) >= 11 is 0. The highest BCUT2D eigenvalue weighted by molar-refractivity contribution is 5.95. The van der Waals surface area contributed by atoms with Crippen LogP contribution < -0.4 is 5.32 Å². The van der Waals surface area contributed by atoms with Crippen LogP contribution in [0.4, 0.5) is 10.1 Å². The molecular formula is C21H21FN4O2. The number of benzene rings is 2. The van der Waals surface area contributed by atoms with Crippen molar-refractivity contribution in [3.05, 3.63) is 65.5 Å². The fourth-order valence-electron chi connectivity index (χ4n) is 3.17. The molecule has 144 valence electrons. The fraction of sp³-hybridized carbons (Fsp3) is 0.286. The van der Waals surface area contributed by atoms with E-state index in [1.165, 1.54) is 24.3 Å². The first kappa shape index (κ1) is 19.5. The third kappa shape index (κ3) is 4.53. The normalized spacial score (nSPS) is 15.5. The van der Waals surface area contributed by atoms with E-state index in [1.54, 1.807) is 29.2 Å². The lowest BCUT2D eigenvalue weighted by Gasteiger charge is -2.37. The molecule has 6 nitrogen and oxygen atoms in total. The standard InChI is InChI=1S/C21H21FN4O2/c1-15(20(27)24-19-4-2-3-16(13-19)14-23)25-9-11-26(12-10-25)21(28)17-5-7-18(22)8-6-17/h2-8,13,15H,9-12H2,1H3,(H,24,27). The highest BCUT2D eigenvalue weighted by Crippen LogP contribution is 2.14. The third-order valence-electron chi connectivity index (χ3n) is 4.88. The monoisotopic (exact) mass is 380 g/mol. The van der Waals surface area contributed by atoms with E-state index < -0.39 is 0 Å². The number of anilines is 1. The van der Waals surface area contributed by atoms with E-state index in [2.05, 4.69) is 5.32 Å². The Labute approximate surface area is 163 Å². The first-order chi connectivity index (χ1) is 13.5.